The summed E-state index contributed by atoms with van der Waals surface area (Å²) >= 11 is 0. The average Bonchev–Trinajstić information content (AvgIpc) is 2.86. The second-order valence-corrected chi connectivity index (χ2v) is 10.1. The van der Waals surface area contributed by atoms with E-state index in [4.69, 9.17) is 9.15 Å². The van der Waals surface area contributed by atoms with Crippen LogP contribution in [0, 0.1) is 19.8 Å². The quantitative estimate of drug-likeness (QED) is 0.549. The Morgan fingerprint density at radius 3 is 2.71 bits per heavy atom. The highest BCUT2D eigenvalue weighted by Crippen LogP contribution is 2.39. The maximum absolute atomic E-state index is 12.9. The van der Waals surface area contributed by atoms with E-state index in [-0.39, 0.29) is 24.1 Å². The van der Waals surface area contributed by atoms with Crippen molar-refractivity contribution in [3.63, 3.8) is 0 Å². The minimum Gasteiger partial charge on any atom is -0.483 e. The van der Waals surface area contributed by atoms with Crippen LogP contribution in [0.2, 0.25) is 0 Å². The van der Waals surface area contributed by atoms with E-state index in [0.29, 0.717) is 48.4 Å². The molecule has 184 valence electrons. The maximum Gasteiger partial charge on any atom is 0.340 e. The Hall–Kier alpha value is -3.12. The number of likely N-dealkylation sites (tertiary alicyclic amines) is 1. The molecular weight excluding hydrogens is 442 g/mol. The third kappa shape index (κ3) is 4.59. The Kier molecular flexibility index (Phi) is 6.41. The third-order valence-electron chi connectivity index (χ3n) is 8.01. The molecule has 2 aromatic carbocycles. The van der Waals surface area contributed by atoms with Crippen LogP contribution in [0.15, 0.2) is 51.7 Å². The number of benzene rings is 2. The zero-order valence-corrected chi connectivity index (χ0v) is 20.5. The molecule has 0 radical (unpaired) electrons. The first-order chi connectivity index (χ1) is 16.9. The van der Waals surface area contributed by atoms with Gasteiger partial charge in [-0.05, 0) is 56.4 Å². The lowest BCUT2D eigenvalue weighted by Gasteiger charge is -2.47. The highest BCUT2D eigenvalue weighted by Gasteiger charge is 2.43. The maximum atomic E-state index is 12.9. The number of ether oxygens (including phenoxy) is 1. The highest BCUT2D eigenvalue weighted by molar-refractivity contribution is 5.86. The zero-order chi connectivity index (χ0) is 24.6. The van der Waals surface area contributed by atoms with Crippen LogP contribution in [0.5, 0.6) is 5.75 Å². The smallest absolute Gasteiger partial charge is 0.340 e. The fourth-order valence-electron chi connectivity index (χ4n) is 5.76. The number of hydrogen-bond donors (Lipinski definition) is 1. The first kappa shape index (κ1) is 23.6. The Bertz CT molecular complexity index is 1300. The minimum absolute atomic E-state index is 0.0760. The predicted octanol–water partition coefficient (Wildman–Crippen LogP) is 4.53. The van der Waals surface area contributed by atoms with Crippen LogP contribution in [-0.4, -0.2) is 41.2 Å². The summed E-state index contributed by atoms with van der Waals surface area (Å²) in [5.41, 5.74) is 2.87. The van der Waals surface area contributed by atoms with Crippen molar-refractivity contribution in [2.75, 3.05) is 19.7 Å². The number of amides is 1. The number of aliphatic hydroxyl groups is 1. The number of carbonyl (C=O) groups is 1. The van der Waals surface area contributed by atoms with Crippen LogP contribution < -0.4 is 10.4 Å². The van der Waals surface area contributed by atoms with Gasteiger partial charge in [0, 0.05) is 41.9 Å². The second kappa shape index (κ2) is 9.50. The van der Waals surface area contributed by atoms with Gasteiger partial charge in [-0.3, -0.25) is 4.79 Å². The van der Waals surface area contributed by atoms with Crippen LogP contribution in [0.1, 0.15) is 54.4 Å². The molecule has 1 amide bonds. The lowest BCUT2D eigenvalue weighted by Crippen LogP contribution is -2.55. The summed E-state index contributed by atoms with van der Waals surface area (Å²) < 4.78 is 11.7. The zero-order valence-electron chi connectivity index (χ0n) is 20.5. The third-order valence-corrected chi connectivity index (χ3v) is 8.01. The van der Waals surface area contributed by atoms with Crippen LogP contribution >= 0.6 is 0 Å². The number of rotatable bonds is 5. The molecule has 3 aromatic rings. The van der Waals surface area contributed by atoms with Gasteiger partial charge in [0.2, 0.25) is 0 Å². The topological polar surface area (TPSA) is 80.0 Å². The molecule has 1 aliphatic carbocycles. The summed E-state index contributed by atoms with van der Waals surface area (Å²) in [5, 5.41) is 11.8. The van der Waals surface area contributed by atoms with Gasteiger partial charge in [-0.2, -0.15) is 0 Å². The molecular formula is C29H33NO5. The SMILES string of the molecule is Cc1c(Cc2ccccc2)c(=O)oc2c(C)c(OCC(=O)N3CC[C@@]4(O)CCCC[C@@H]4C3)ccc12. The van der Waals surface area contributed by atoms with Crippen molar-refractivity contribution in [2.45, 2.75) is 58.0 Å². The van der Waals surface area contributed by atoms with Gasteiger partial charge in [0.25, 0.3) is 5.91 Å². The van der Waals surface area contributed by atoms with Gasteiger partial charge < -0.3 is 19.2 Å². The van der Waals surface area contributed by atoms with Crippen LogP contribution in [0.4, 0.5) is 0 Å². The van der Waals surface area contributed by atoms with E-state index in [0.717, 1.165) is 42.2 Å². The summed E-state index contributed by atoms with van der Waals surface area (Å²) in [6.45, 7) is 4.87. The molecule has 6 heteroatoms. The fraction of sp³-hybridized carbons (Fsp3) is 0.448. The number of piperidine rings is 1. The molecule has 6 nitrogen and oxygen atoms in total. The van der Waals surface area contributed by atoms with E-state index in [9.17, 15) is 14.7 Å². The Morgan fingerprint density at radius 2 is 1.91 bits per heavy atom. The molecule has 2 heterocycles. The molecule has 5 rings (SSSR count). The summed E-state index contributed by atoms with van der Waals surface area (Å²) in [7, 11) is 0. The van der Waals surface area contributed by atoms with Crippen molar-refractivity contribution >= 4 is 16.9 Å². The monoisotopic (exact) mass is 475 g/mol. The van der Waals surface area contributed by atoms with Crippen molar-refractivity contribution in [1.29, 1.82) is 0 Å². The van der Waals surface area contributed by atoms with Crippen molar-refractivity contribution in [1.82, 2.24) is 4.90 Å². The molecule has 35 heavy (non-hydrogen) atoms. The number of aryl methyl sites for hydroxylation is 2. The number of hydrogen-bond acceptors (Lipinski definition) is 5. The molecule has 2 fully saturated rings. The number of fused-ring (bicyclic) bond motifs is 2. The summed E-state index contributed by atoms with van der Waals surface area (Å²) in [4.78, 5) is 27.6. The molecule has 2 atom stereocenters. The Morgan fingerprint density at radius 1 is 1.11 bits per heavy atom. The van der Waals surface area contributed by atoms with Gasteiger partial charge in [0.1, 0.15) is 11.3 Å². The first-order valence-electron chi connectivity index (χ1n) is 12.6. The van der Waals surface area contributed by atoms with Gasteiger partial charge in [0.05, 0.1) is 5.60 Å². The van der Waals surface area contributed by atoms with Crippen molar-refractivity contribution < 1.29 is 19.1 Å². The molecule has 0 unspecified atom stereocenters. The molecule has 2 aliphatic rings. The van der Waals surface area contributed by atoms with Crippen molar-refractivity contribution in [3.8, 4) is 5.75 Å². The van der Waals surface area contributed by atoms with E-state index in [1.54, 1.807) is 0 Å². The molecule has 1 saturated heterocycles. The van der Waals surface area contributed by atoms with E-state index in [1.165, 1.54) is 0 Å². The fourth-order valence-corrected chi connectivity index (χ4v) is 5.76. The standard InChI is InChI=1S/C29H33NO5/c1-19-23-11-12-25(20(2)27(23)35-28(32)24(19)16-21-8-4-3-5-9-21)34-18-26(31)30-15-14-29(33)13-7-6-10-22(29)17-30/h3-5,8-9,11-12,22,33H,6-7,10,13-18H2,1-2H3/t22-,29+/m1/s1. The highest BCUT2D eigenvalue weighted by atomic mass is 16.5. The van der Waals surface area contributed by atoms with Crippen molar-refractivity contribution in [3.05, 3.63) is 75.1 Å². The molecule has 1 N–H and O–H groups in total. The molecule has 1 saturated carbocycles. The molecule has 1 aliphatic heterocycles. The van der Waals surface area contributed by atoms with E-state index >= 15 is 0 Å². The van der Waals surface area contributed by atoms with Gasteiger partial charge in [0.15, 0.2) is 6.61 Å². The second-order valence-electron chi connectivity index (χ2n) is 10.1. The van der Waals surface area contributed by atoms with Crippen molar-refractivity contribution in [2.24, 2.45) is 5.92 Å². The van der Waals surface area contributed by atoms with Crippen LogP contribution in [-0.2, 0) is 11.2 Å². The summed E-state index contributed by atoms with van der Waals surface area (Å²) in [6, 6.07) is 13.6. The van der Waals surface area contributed by atoms with E-state index in [2.05, 4.69) is 0 Å². The largest absolute Gasteiger partial charge is 0.483 e. The summed E-state index contributed by atoms with van der Waals surface area (Å²) in [6.07, 6.45) is 5.13. The van der Waals surface area contributed by atoms with Gasteiger partial charge in [-0.25, -0.2) is 4.79 Å². The minimum atomic E-state index is -0.612. The Labute approximate surface area is 205 Å². The van der Waals surface area contributed by atoms with Gasteiger partial charge >= 0.3 is 5.63 Å². The average molecular weight is 476 g/mol. The lowest BCUT2D eigenvalue weighted by molar-refractivity contribution is -0.145. The van der Waals surface area contributed by atoms with Crippen LogP contribution in [0.3, 0.4) is 0 Å². The molecule has 0 spiro atoms. The van der Waals surface area contributed by atoms with E-state index < -0.39 is 5.60 Å². The van der Waals surface area contributed by atoms with Gasteiger partial charge in [-0.1, -0.05) is 43.2 Å². The lowest BCUT2D eigenvalue weighted by atomic mass is 9.71. The van der Waals surface area contributed by atoms with Gasteiger partial charge in [-0.15, -0.1) is 0 Å². The Balaban J connectivity index is 1.31. The number of nitrogens with zero attached hydrogens (tertiary/aromatic N) is 1. The molecule has 1 aromatic heterocycles. The normalized spacial score (nSPS) is 22.1. The van der Waals surface area contributed by atoms with E-state index in [1.807, 2.05) is 61.2 Å². The first-order valence-corrected chi connectivity index (χ1v) is 12.6. The molecule has 0 bridgehead atoms. The summed E-state index contributed by atoms with van der Waals surface area (Å²) in [5.74, 6) is 0.613. The number of carbonyl (C=O) groups excluding carboxylic acids is 1. The predicted molar refractivity (Wildman–Crippen MR) is 135 cm³/mol. The van der Waals surface area contributed by atoms with Crippen LogP contribution in [0.25, 0.3) is 11.0 Å².